The lowest BCUT2D eigenvalue weighted by Gasteiger charge is -2.23. The van der Waals surface area contributed by atoms with Crippen LogP contribution >= 0.6 is 0 Å². The second kappa shape index (κ2) is 4.78. The van der Waals surface area contributed by atoms with Gasteiger partial charge in [0.2, 0.25) is 0 Å². The van der Waals surface area contributed by atoms with Crippen LogP contribution in [0.15, 0.2) is 12.4 Å². The van der Waals surface area contributed by atoms with Crippen molar-refractivity contribution in [2.75, 3.05) is 19.6 Å². The van der Waals surface area contributed by atoms with E-state index in [4.69, 9.17) is 0 Å². The van der Waals surface area contributed by atoms with E-state index in [1.54, 1.807) is 0 Å². The highest BCUT2D eigenvalue weighted by Gasteiger charge is 2.28. The largest absolute Gasteiger partial charge is 0.310 e. The van der Waals surface area contributed by atoms with E-state index < -0.39 is 0 Å². The predicted molar refractivity (Wildman–Crippen MR) is 68.0 cm³/mol. The Morgan fingerprint density at radius 2 is 2.18 bits per heavy atom. The molecule has 4 nitrogen and oxygen atoms in total. The molecule has 2 aliphatic heterocycles. The van der Waals surface area contributed by atoms with Gasteiger partial charge in [0.1, 0.15) is 0 Å². The van der Waals surface area contributed by atoms with Crippen LogP contribution in [0.25, 0.3) is 0 Å². The molecule has 17 heavy (non-hydrogen) atoms. The minimum atomic E-state index is 0.738. The van der Waals surface area contributed by atoms with Gasteiger partial charge in [-0.1, -0.05) is 0 Å². The summed E-state index contributed by atoms with van der Waals surface area (Å²) in [6, 6.07) is 1.53. The van der Waals surface area contributed by atoms with Crippen LogP contribution in [0, 0.1) is 6.92 Å². The average Bonchev–Trinajstić information content (AvgIpc) is 2.84. The van der Waals surface area contributed by atoms with E-state index in [-0.39, 0.29) is 0 Å². The van der Waals surface area contributed by atoms with Crippen LogP contribution in [-0.2, 0) is 6.54 Å². The molecule has 3 rings (SSSR count). The molecule has 2 atom stereocenters. The molecule has 1 aromatic rings. The zero-order valence-electron chi connectivity index (χ0n) is 10.6. The second-order valence-electron chi connectivity index (χ2n) is 5.51. The molecule has 0 saturated carbocycles. The first-order valence-electron chi connectivity index (χ1n) is 6.77. The van der Waals surface area contributed by atoms with Crippen LogP contribution in [0.2, 0.25) is 0 Å². The minimum absolute atomic E-state index is 0.738. The molecular formula is C13H22N4. The predicted octanol–water partition coefficient (Wildman–Crippen LogP) is 1.02. The molecule has 3 heterocycles. The van der Waals surface area contributed by atoms with E-state index in [0.717, 1.165) is 25.2 Å². The Bertz CT molecular complexity index is 373. The molecule has 0 radical (unpaired) electrons. The van der Waals surface area contributed by atoms with Crippen LogP contribution in [0.1, 0.15) is 24.8 Å². The van der Waals surface area contributed by atoms with Gasteiger partial charge in [0.15, 0.2) is 0 Å². The first-order valence-corrected chi connectivity index (χ1v) is 6.77. The smallest absolute Gasteiger partial charge is 0.0536 e. The lowest BCUT2D eigenvalue weighted by atomic mass is 10.1. The quantitative estimate of drug-likeness (QED) is 0.847. The molecule has 1 aromatic heterocycles. The zero-order valence-corrected chi connectivity index (χ0v) is 10.6. The van der Waals surface area contributed by atoms with Crippen molar-refractivity contribution in [1.82, 2.24) is 20.0 Å². The van der Waals surface area contributed by atoms with Gasteiger partial charge >= 0.3 is 0 Å². The molecular weight excluding hydrogens is 212 g/mol. The summed E-state index contributed by atoms with van der Waals surface area (Å²) in [5.41, 5.74) is 1.25. The summed E-state index contributed by atoms with van der Waals surface area (Å²) in [5.74, 6) is 0. The van der Waals surface area contributed by atoms with Gasteiger partial charge in [0, 0.05) is 31.4 Å². The molecule has 94 valence electrons. The van der Waals surface area contributed by atoms with E-state index in [9.17, 15) is 0 Å². The number of hydrogen-bond donors (Lipinski definition) is 1. The number of nitrogens with zero attached hydrogens (tertiary/aromatic N) is 3. The van der Waals surface area contributed by atoms with Crippen LogP contribution in [-0.4, -0.2) is 46.4 Å². The maximum atomic E-state index is 4.35. The maximum absolute atomic E-state index is 4.35. The van der Waals surface area contributed by atoms with Gasteiger partial charge in [-0.2, -0.15) is 5.10 Å². The Hall–Kier alpha value is -0.870. The van der Waals surface area contributed by atoms with Crippen molar-refractivity contribution in [1.29, 1.82) is 0 Å². The molecule has 2 unspecified atom stereocenters. The summed E-state index contributed by atoms with van der Waals surface area (Å²) in [6.45, 7) is 6.71. The highest BCUT2D eigenvalue weighted by atomic mass is 15.3. The van der Waals surface area contributed by atoms with E-state index in [1.165, 1.54) is 37.9 Å². The van der Waals surface area contributed by atoms with Gasteiger partial charge in [0.25, 0.3) is 0 Å². The van der Waals surface area contributed by atoms with E-state index in [1.807, 2.05) is 6.20 Å². The fourth-order valence-electron chi connectivity index (χ4n) is 3.05. The highest BCUT2D eigenvalue weighted by molar-refractivity contribution is 4.99. The summed E-state index contributed by atoms with van der Waals surface area (Å²) in [7, 11) is 0. The molecule has 2 fully saturated rings. The number of aromatic nitrogens is 2. The van der Waals surface area contributed by atoms with Crippen LogP contribution in [0.5, 0.6) is 0 Å². The summed E-state index contributed by atoms with van der Waals surface area (Å²) in [5, 5.41) is 8.07. The van der Waals surface area contributed by atoms with E-state index >= 15 is 0 Å². The third kappa shape index (κ3) is 2.69. The Morgan fingerprint density at radius 1 is 1.29 bits per heavy atom. The molecule has 1 N–H and O–H groups in total. The van der Waals surface area contributed by atoms with Crippen molar-refractivity contribution >= 4 is 0 Å². The molecule has 2 bridgehead atoms. The summed E-state index contributed by atoms with van der Waals surface area (Å²) < 4.78 is 2.06. The van der Waals surface area contributed by atoms with Crippen molar-refractivity contribution in [3.63, 3.8) is 0 Å². The highest BCUT2D eigenvalue weighted by Crippen LogP contribution is 2.20. The SMILES string of the molecule is Cc1cnn(CCN2CCC3CCC(C2)N3)c1. The number of nitrogens with one attached hydrogen (secondary N) is 1. The van der Waals surface area contributed by atoms with Gasteiger partial charge < -0.3 is 5.32 Å². The van der Waals surface area contributed by atoms with Gasteiger partial charge in [-0.15, -0.1) is 0 Å². The van der Waals surface area contributed by atoms with Gasteiger partial charge in [-0.25, -0.2) is 0 Å². The molecule has 0 aliphatic carbocycles. The van der Waals surface area contributed by atoms with Crippen LogP contribution < -0.4 is 5.32 Å². The molecule has 2 saturated heterocycles. The fourth-order valence-corrected chi connectivity index (χ4v) is 3.05. The molecule has 0 spiro atoms. The van der Waals surface area contributed by atoms with Crippen molar-refractivity contribution in [3.05, 3.63) is 18.0 Å². The first kappa shape index (κ1) is 11.2. The fraction of sp³-hybridized carbons (Fsp3) is 0.769. The lowest BCUT2D eigenvalue weighted by Crippen LogP contribution is -2.36. The number of hydrogen-bond acceptors (Lipinski definition) is 3. The van der Waals surface area contributed by atoms with E-state index in [2.05, 4.69) is 33.1 Å². The Kier molecular flexibility index (Phi) is 3.16. The number of likely N-dealkylation sites (tertiary alicyclic amines) is 1. The average molecular weight is 234 g/mol. The summed E-state index contributed by atoms with van der Waals surface area (Å²) >= 11 is 0. The second-order valence-corrected chi connectivity index (χ2v) is 5.51. The zero-order chi connectivity index (χ0) is 11.7. The van der Waals surface area contributed by atoms with Crippen molar-refractivity contribution < 1.29 is 0 Å². The standard InChI is InChI=1S/C13H22N4/c1-11-8-14-17(9-11)7-6-16-5-4-12-2-3-13(10-16)15-12/h8-9,12-13,15H,2-7,10H2,1H3. The topological polar surface area (TPSA) is 33.1 Å². The summed E-state index contributed by atoms with van der Waals surface area (Å²) in [6.07, 6.45) is 8.13. The van der Waals surface area contributed by atoms with E-state index in [0.29, 0.717) is 0 Å². The summed E-state index contributed by atoms with van der Waals surface area (Å²) in [4.78, 5) is 2.59. The third-order valence-corrected chi connectivity index (χ3v) is 4.02. The maximum Gasteiger partial charge on any atom is 0.0536 e. The molecule has 4 heteroatoms. The van der Waals surface area contributed by atoms with Crippen LogP contribution in [0.3, 0.4) is 0 Å². The monoisotopic (exact) mass is 234 g/mol. The number of rotatable bonds is 3. The molecule has 0 aromatic carbocycles. The lowest BCUT2D eigenvalue weighted by molar-refractivity contribution is 0.245. The van der Waals surface area contributed by atoms with Gasteiger partial charge in [-0.3, -0.25) is 9.58 Å². The minimum Gasteiger partial charge on any atom is -0.310 e. The third-order valence-electron chi connectivity index (χ3n) is 4.02. The van der Waals surface area contributed by atoms with Gasteiger partial charge in [-0.05, 0) is 38.3 Å². The van der Waals surface area contributed by atoms with Crippen LogP contribution in [0.4, 0.5) is 0 Å². The van der Waals surface area contributed by atoms with Crippen molar-refractivity contribution in [2.24, 2.45) is 0 Å². The number of aryl methyl sites for hydroxylation is 1. The van der Waals surface area contributed by atoms with Gasteiger partial charge in [0.05, 0.1) is 12.7 Å². The number of fused-ring (bicyclic) bond motifs is 2. The first-order chi connectivity index (χ1) is 8.29. The Morgan fingerprint density at radius 3 is 3.00 bits per heavy atom. The Balaban J connectivity index is 1.51. The van der Waals surface area contributed by atoms with Crippen molar-refractivity contribution in [3.8, 4) is 0 Å². The van der Waals surface area contributed by atoms with Crippen molar-refractivity contribution in [2.45, 2.75) is 44.8 Å². The molecule has 2 aliphatic rings. The normalized spacial score (nSPS) is 29.5. The molecule has 0 amide bonds. The Labute approximate surface area is 103 Å².